The molecule has 0 radical (unpaired) electrons. The van der Waals surface area contributed by atoms with E-state index in [1.807, 2.05) is 0 Å². The predicted molar refractivity (Wildman–Crippen MR) is 80.0 cm³/mol. The highest BCUT2D eigenvalue weighted by atomic mass is 32.2. The van der Waals surface area contributed by atoms with Gasteiger partial charge in [-0.1, -0.05) is 0 Å². The summed E-state index contributed by atoms with van der Waals surface area (Å²) in [6, 6.07) is 5.16. The summed E-state index contributed by atoms with van der Waals surface area (Å²) in [5, 5.41) is 0.661. The molecule has 21 heavy (non-hydrogen) atoms. The van der Waals surface area contributed by atoms with Gasteiger partial charge in [-0.25, -0.2) is 8.51 Å². The van der Waals surface area contributed by atoms with Gasteiger partial charge in [-0.15, -0.1) is 0 Å². The molecule has 1 fully saturated rings. The van der Waals surface area contributed by atoms with Crippen LogP contribution >= 0.6 is 0 Å². The Morgan fingerprint density at radius 3 is 2.71 bits per heavy atom. The fourth-order valence-corrected chi connectivity index (χ4v) is 3.80. The Kier molecular flexibility index (Phi) is 3.66. The maximum absolute atomic E-state index is 12.8. The fraction of sp³-hybridized carbons (Fsp3) is 0.308. The third-order valence-corrected chi connectivity index (χ3v) is 5.01. The minimum atomic E-state index is -1.49. The molecule has 8 heteroatoms. The zero-order valence-corrected chi connectivity index (χ0v) is 12.1. The number of benzene rings is 1. The van der Waals surface area contributed by atoms with E-state index in [9.17, 15) is 9.00 Å². The first kappa shape index (κ1) is 14.1. The number of hydrogen-bond acceptors (Lipinski definition) is 4. The largest absolute Gasteiger partial charge is 0.399 e. The SMILES string of the molecule is NC(=O)c1[nH]c2ccc(N)cc2c1S(=O)N1CCOCC1. The number of aromatic amines is 1. The van der Waals surface area contributed by atoms with Gasteiger partial charge in [-0.2, -0.15) is 0 Å². The maximum Gasteiger partial charge on any atom is 0.266 e. The lowest BCUT2D eigenvalue weighted by Gasteiger charge is -2.25. The minimum absolute atomic E-state index is 0.167. The van der Waals surface area contributed by atoms with Gasteiger partial charge in [-0.3, -0.25) is 4.79 Å². The highest BCUT2D eigenvalue weighted by Gasteiger charge is 2.26. The van der Waals surface area contributed by atoms with Crippen molar-refractivity contribution in [2.45, 2.75) is 4.90 Å². The standard InChI is InChI=1S/C13H16N4O3S/c14-8-1-2-10-9(7-8)12(11(16-10)13(15)18)21(19)17-3-5-20-6-4-17/h1-2,7,16H,3-6,14H2,(H2,15,18). The van der Waals surface area contributed by atoms with Crippen LogP contribution in [0.5, 0.6) is 0 Å². The Morgan fingerprint density at radius 1 is 1.33 bits per heavy atom. The van der Waals surface area contributed by atoms with Crippen molar-refractivity contribution in [2.24, 2.45) is 5.73 Å². The van der Waals surface area contributed by atoms with Crippen LogP contribution in [0.1, 0.15) is 10.5 Å². The quantitative estimate of drug-likeness (QED) is 0.703. The lowest BCUT2D eigenvalue weighted by atomic mass is 10.2. The first-order valence-corrected chi connectivity index (χ1v) is 7.64. The second-order valence-corrected chi connectivity index (χ2v) is 6.21. The summed E-state index contributed by atoms with van der Waals surface area (Å²) in [5.41, 5.74) is 12.6. The van der Waals surface area contributed by atoms with Crippen LogP contribution in [0.25, 0.3) is 10.9 Å². The van der Waals surface area contributed by atoms with Crippen molar-refractivity contribution in [1.82, 2.24) is 9.29 Å². The third kappa shape index (κ3) is 2.53. The van der Waals surface area contributed by atoms with E-state index >= 15 is 0 Å². The molecule has 1 aliphatic heterocycles. The second-order valence-electron chi connectivity index (χ2n) is 4.79. The first-order chi connectivity index (χ1) is 10.1. The number of anilines is 1. The number of H-pyrrole nitrogens is 1. The van der Waals surface area contributed by atoms with E-state index in [4.69, 9.17) is 16.2 Å². The van der Waals surface area contributed by atoms with Gasteiger partial charge in [0.1, 0.15) is 16.7 Å². The van der Waals surface area contributed by atoms with Crippen molar-refractivity contribution in [2.75, 3.05) is 32.0 Å². The van der Waals surface area contributed by atoms with Crippen molar-refractivity contribution >= 4 is 33.5 Å². The van der Waals surface area contributed by atoms with Crippen LogP contribution in [0.15, 0.2) is 23.1 Å². The summed E-state index contributed by atoms with van der Waals surface area (Å²) in [5.74, 6) is -0.638. The topological polar surface area (TPSA) is 114 Å². The van der Waals surface area contributed by atoms with Crippen LogP contribution in [0.3, 0.4) is 0 Å². The van der Waals surface area contributed by atoms with Crippen molar-refractivity contribution in [3.8, 4) is 0 Å². The van der Waals surface area contributed by atoms with E-state index in [1.165, 1.54) is 0 Å². The summed E-state index contributed by atoms with van der Waals surface area (Å²) in [7, 11) is -1.49. The van der Waals surface area contributed by atoms with Gasteiger partial charge in [0.05, 0.1) is 18.1 Å². The van der Waals surface area contributed by atoms with Gasteiger partial charge in [0, 0.05) is 29.7 Å². The van der Waals surface area contributed by atoms with E-state index in [2.05, 4.69) is 4.98 Å². The number of nitrogen functional groups attached to an aromatic ring is 1. The number of nitrogens with zero attached hydrogens (tertiary/aromatic N) is 1. The third-order valence-electron chi connectivity index (χ3n) is 3.40. The molecule has 7 nitrogen and oxygen atoms in total. The Morgan fingerprint density at radius 2 is 2.05 bits per heavy atom. The Bertz CT molecular complexity index is 722. The summed E-state index contributed by atoms with van der Waals surface area (Å²) < 4.78 is 19.8. The summed E-state index contributed by atoms with van der Waals surface area (Å²) >= 11 is 0. The molecule has 0 spiro atoms. The number of ether oxygens (including phenoxy) is 1. The molecule has 1 atom stereocenters. The number of morpholine rings is 1. The molecule has 0 bridgehead atoms. The number of amides is 1. The monoisotopic (exact) mass is 308 g/mol. The number of aromatic nitrogens is 1. The van der Waals surface area contributed by atoms with E-state index in [0.29, 0.717) is 47.8 Å². The lowest BCUT2D eigenvalue weighted by molar-refractivity contribution is 0.0752. The maximum atomic E-state index is 12.8. The molecule has 3 rings (SSSR count). The van der Waals surface area contributed by atoms with Gasteiger partial charge in [0.15, 0.2) is 0 Å². The van der Waals surface area contributed by atoms with Crippen LogP contribution in [-0.4, -0.2) is 45.7 Å². The van der Waals surface area contributed by atoms with Crippen molar-refractivity contribution < 1.29 is 13.7 Å². The average Bonchev–Trinajstić information content (AvgIpc) is 2.86. The fourth-order valence-electron chi connectivity index (χ4n) is 2.38. The molecule has 2 aromatic rings. The molecular formula is C13H16N4O3S. The first-order valence-electron chi connectivity index (χ1n) is 6.53. The van der Waals surface area contributed by atoms with Crippen LogP contribution < -0.4 is 11.5 Å². The van der Waals surface area contributed by atoms with Gasteiger partial charge < -0.3 is 21.2 Å². The molecule has 112 valence electrons. The molecule has 1 aromatic heterocycles. The number of carbonyl (C=O) groups is 1. The zero-order valence-electron chi connectivity index (χ0n) is 11.3. The molecular weight excluding hydrogens is 292 g/mol. The van der Waals surface area contributed by atoms with Gasteiger partial charge in [0.25, 0.3) is 5.91 Å². The predicted octanol–water partition coefficient (Wildman–Crippen LogP) is 0.204. The molecule has 0 aliphatic carbocycles. The zero-order chi connectivity index (χ0) is 15.0. The van der Waals surface area contributed by atoms with Crippen molar-refractivity contribution in [1.29, 1.82) is 0 Å². The van der Waals surface area contributed by atoms with Gasteiger partial charge in [-0.05, 0) is 18.2 Å². The average molecular weight is 308 g/mol. The number of hydrogen-bond donors (Lipinski definition) is 3. The van der Waals surface area contributed by atoms with Crippen molar-refractivity contribution in [3.05, 3.63) is 23.9 Å². The normalized spacial score (nSPS) is 17.9. The summed E-state index contributed by atoms with van der Waals surface area (Å²) in [6.45, 7) is 2.11. The molecule has 1 saturated heterocycles. The molecule has 2 heterocycles. The molecule has 1 aliphatic rings. The molecule has 0 saturated carbocycles. The summed E-state index contributed by atoms with van der Waals surface area (Å²) in [6.07, 6.45) is 0. The Labute approximate surface area is 123 Å². The minimum Gasteiger partial charge on any atom is -0.399 e. The number of fused-ring (bicyclic) bond motifs is 1. The van der Waals surface area contributed by atoms with Gasteiger partial charge >= 0.3 is 0 Å². The Balaban J connectivity index is 2.14. The highest BCUT2D eigenvalue weighted by molar-refractivity contribution is 7.83. The number of nitrogens with two attached hydrogens (primary N) is 2. The number of primary amides is 1. The smallest absolute Gasteiger partial charge is 0.266 e. The molecule has 1 unspecified atom stereocenters. The molecule has 1 aromatic carbocycles. The van der Waals surface area contributed by atoms with E-state index < -0.39 is 16.9 Å². The van der Waals surface area contributed by atoms with Crippen LogP contribution in [0.4, 0.5) is 5.69 Å². The molecule has 5 N–H and O–H groups in total. The van der Waals surface area contributed by atoms with Crippen LogP contribution in [0, 0.1) is 0 Å². The van der Waals surface area contributed by atoms with Gasteiger partial charge in [0.2, 0.25) is 0 Å². The second kappa shape index (κ2) is 5.47. The number of rotatable bonds is 3. The number of carbonyl (C=O) groups excluding carboxylic acids is 1. The van der Waals surface area contributed by atoms with E-state index in [-0.39, 0.29) is 5.69 Å². The molecule has 1 amide bonds. The van der Waals surface area contributed by atoms with E-state index in [1.54, 1.807) is 22.5 Å². The van der Waals surface area contributed by atoms with Crippen LogP contribution in [-0.2, 0) is 15.7 Å². The number of nitrogens with one attached hydrogen (secondary N) is 1. The van der Waals surface area contributed by atoms with Crippen molar-refractivity contribution in [3.63, 3.8) is 0 Å². The lowest BCUT2D eigenvalue weighted by Crippen LogP contribution is -2.38. The van der Waals surface area contributed by atoms with E-state index in [0.717, 1.165) is 0 Å². The van der Waals surface area contributed by atoms with Crippen LogP contribution in [0.2, 0.25) is 0 Å². The summed E-state index contributed by atoms with van der Waals surface area (Å²) in [4.78, 5) is 15.0. The Hall–Kier alpha value is -1.90. The highest BCUT2D eigenvalue weighted by Crippen LogP contribution is 2.29.